The van der Waals surface area contributed by atoms with Gasteiger partial charge >= 0.3 is 6.18 Å². The summed E-state index contributed by atoms with van der Waals surface area (Å²) in [5, 5.41) is 7.64. The summed E-state index contributed by atoms with van der Waals surface area (Å²) in [4.78, 5) is 10.1. The third-order valence-corrected chi connectivity index (χ3v) is 4.71. The molecule has 1 aromatic rings. The van der Waals surface area contributed by atoms with Crippen molar-refractivity contribution in [3.05, 3.63) is 16.1 Å². The normalized spacial score (nSPS) is 18.0. The molecular formula is C15H24F3N5S. The van der Waals surface area contributed by atoms with E-state index in [-0.39, 0.29) is 6.54 Å². The molecule has 1 aromatic heterocycles. The lowest BCUT2D eigenvalue weighted by Crippen LogP contribution is -2.41. The molecule has 1 fully saturated rings. The van der Waals surface area contributed by atoms with Gasteiger partial charge < -0.3 is 15.5 Å². The Bertz CT molecular complexity index is 537. The van der Waals surface area contributed by atoms with Gasteiger partial charge in [-0.05, 0) is 31.8 Å². The van der Waals surface area contributed by atoms with E-state index in [4.69, 9.17) is 0 Å². The van der Waals surface area contributed by atoms with Gasteiger partial charge in [-0.25, -0.2) is 4.98 Å². The average molecular weight is 363 g/mol. The first-order valence-corrected chi connectivity index (χ1v) is 8.95. The number of nitrogens with one attached hydrogen (secondary N) is 2. The summed E-state index contributed by atoms with van der Waals surface area (Å²) < 4.78 is 37.6. The molecule has 24 heavy (non-hydrogen) atoms. The number of halogens is 3. The minimum atomic E-state index is -4.39. The Labute approximate surface area is 144 Å². The van der Waals surface area contributed by atoms with Gasteiger partial charge in [0.15, 0.2) is 11.7 Å². The number of alkyl halides is 3. The molecule has 5 nitrogen and oxygen atoms in total. The molecule has 9 heteroatoms. The van der Waals surface area contributed by atoms with Crippen LogP contribution < -0.4 is 10.6 Å². The number of thiazole rings is 1. The predicted molar refractivity (Wildman–Crippen MR) is 90.2 cm³/mol. The van der Waals surface area contributed by atoms with Gasteiger partial charge in [0, 0.05) is 25.5 Å². The standard InChI is InChI=1S/C15H24F3N5S/c1-11(9-23-5-3-4-6-23)7-20-14(19-2)21-8-13-22-12(10-24-13)15(16,17)18/h10-11H,3-9H2,1-2H3,(H2,19,20,21). The molecule has 0 bridgehead atoms. The molecule has 1 atom stereocenters. The fourth-order valence-corrected chi connectivity index (χ4v) is 3.38. The van der Waals surface area contributed by atoms with E-state index < -0.39 is 11.9 Å². The summed E-state index contributed by atoms with van der Waals surface area (Å²) in [6, 6.07) is 0. The van der Waals surface area contributed by atoms with Crippen molar-refractivity contribution in [1.29, 1.82) is 0 Å². The van der Waals surface area contributed by atoms with Crippen molar-refractivity contribution >= 4 is 17.3 Å². The molecule has 2 rings (SSSR count). The molecule has 136 valence electrons. The van der Waals surface area contributed by atoms with E-state index in [0.29, 0.717) is 16.9 Å². The first kappa shape index (κ1) is 19.0. The Morgan fingerprint density at radius 3 is 2.67 bits per heavy atom. The average Bonchev–Trinajstić information content (AvgIpc) is 3.18. The van der Waals surface area contributed by atoms with Crippen molar-refractivity contribution in [2.75, 3.05) is 33.2 Å². The van der Waals surface area contributed by atoms with E-state index in [0.717, 1.165) is 29.8 Å². The fraction of sp³-hybridized carbons (Fsp3) is 0.733. The summed E-state index contributed by atoms with van der Waals surface area (Å²) in [5.74, 6) is 1.05. The van der Waals surface area contributed by atoms with Crippen molar-refractivity contribution in [1.82, 2.24) is 20.5 Å². The molecule has 2 heterocycles. The topological polar surface area (TPSA) is 52.6 Å². The van der Waals surface area contributed by atoms with E-state index in [1.165, 1.54) is 25.9 Å². The molecule has 1 aliphatic heterocycles. The van der Waals surface area contributed by atoms with E-state index in [9.17, 15) is 13.2 Å². The Balaban J connectivity index is 1.73. The van der Waals surface area contributed by atoms with E-state index in [1.54, 1.807) is 7.05 Å². The Morgan fingerprint density at radius 2 is 2.08 bits per heavy atom. The Morgan fingerprint density at radius 1 is 1.38 bits per heavy atom. The second kappa shape index (κ2) is 8.66. The van der Waals surface area contributed by atoms with Crippen LogP contribution >= 0.6 is 11.3 Å². The zero-order chi connectivity index (χ0) is 17.6. The summed E-state index contributed by atoms with van der Waals surface area (Å²) in [7, 11) is 1.64. The Kier molecular flexibility index (Phi) is 6.85. The minimum absolute atomic E-state index is 0.223. The molecular weight excluding hydrogens is 339 g/mol. The number of hydrogen-bond acceptors (Lipinski definition) is 4. The van der Waals surface area contributed by atoms with Crippen molar-refractivity contribution in [3.63, 3.8) is 0 Å². The molecule has 2 N–H and O–H groups in total. The van der Waals surface area contributed by atoms with Crippen molar-refractivity contribution in [2.24, 2.45) is 10.9 Å². The van der Waals surface area contributed by atoms with Crippen LogP contribution in [0.25, 0.3) is 0 Å². The quantitative estimate of drug-likeness (QED) is 0.603. The molecule has 0 radical (unpaired) electrons. The lowest BCUT2D eigenvalue weighted by atomic mass is 10.1. The molecule has 0 spiro atoms. The molecule has 1 saturated heterocycles. The van der Waals surface area contributed by atoms with Crippen LogP contribution in [0.2, 0.25) is 0 Å². The van der Waals surface area contributed by atoms with Crippen LogP contribution in [0.4, 0.5) is 13.2 Å². The summed E-state index contributed by atoms with van der Waals surface area (Å²) >= 11 is 0.992. The number of likely N-dealkylation sites (tertiary alicyclic amines) is 1. The van der Waals surface area contributed by atoms with Crippen LogP contribution in [-0.4, -0.2) is 49.1 Å². The van der Waals surface area contributed by atoms with Gasteiger partial charge in [0.25, 0.3) is 0 Å². The van der Waals surface area contributed by atoms with Crippen LogP contribution in [0.15, 0.2) is 10.4 Å². The molecule has 0 aromatic carbocycles. The van der Waals surface area contributed by atoms with E-state index >= 15 is 0 Å². The smallest absolute Gasteiger partial charge is 0.356 e. The van der Waals surface area contributed by atoms with E-state index in [2.05, 4.69) is 32.4 Å². The highest BCUT2D eigenvalue weighted by Gasteiger charge is 2.33. The number of aromatic nitrogens is 1. The molecule has 1 aliphatic rings. The maximum atomic E-state index is 12.5. The first-order chi connectivity index (χ1) is 11.4. The maximum absolute atomic E-state index is 12.5. The molecule has 0 aliphatic carbocycles. The van der Waals surface area contributed by atoms with Gasteiger partial charge in [-0.15, -0.1) is 11.3 Å². The number of rotatable bonds is 6. The molecule has 1 unspecified atom stereocenters. The van der Waals surface area contributed by atoms with Crippen LogP contribution in [0, 0.1) is 5.92 Å². The summed E-state index contributed by atoms with van der Waals surface area (Å²) in [6.45, 7) is 6.55. The lowest BCUT2D eigenvalue weighted by molar-refractivity contribution is -0.140. The van der Waals surface area contributed by atoms with Gasteiger partial charge in [0.05, 0.1) is 6.54 Å². The molecule has 0 saturated carbocycles. The summed E-state index contributed by atoms with van der Waals surface area (Å²) in [6.07, 6.45) is -1.84. The van der Waals surface area contributed by atoms with Gasteiger partial charge in [0.1, 0.15) is 5.01 Å². The van der Waals surface area contributed by atoms with E-state index in [1.807, 2.05) is 0 Å². The zero-order valence-electron chi connectivity index (χ0n) is 14.0. The van der Waals surface area contributed by atoms with Crippen LogP contribution in [0.5, 0.6) is 0 Å². The fourth-order valence-electron chi connectivity index (χ4n) is 2.64. The Hall–Kier alpha value is -1.35. The third kappa shape index (κ3) is 5.94. The van der Waals surface area contributed by atoms with Gasteiger partial charge in [-0.3, -0.25) is 4.99 Å². The predicted octanol–water partition coefficient (Wildman–Crippen LogP) is 2.56. The number of aliphatic imine (C=N–C) groups is 1. The van der Waals surface area contributed by atoms with Crippen molar-refractivity contribution < 1.29 is 13.2 Å². The second-order valence-corrected chi connectivity index (χ2v) is 6.99. The highest BCUT2D eigenvalue weighted by atomic mass is 32.1. The first-order valence-electron chi connectivity index (χ1n) is 8.07. The second-order valence-electron chi connectivity index (χ2n) is 6.04. The van der Waals surface area contributed by atoms with Crippen LogP contribution in [0.1, 0.15) is 30.5 Å². The highest BCUT2D eigenvalue weighted by molar-refractivity contribution is 7.09. The summed E-state index contributed by atoms with van der Waals surface area (Å²) in [5.41, 5.74) is -0.841. The van der Waals surface area contributed by atoms with Gasteiger partial charge in [-0.2, -0.15) is 13.2 Å². The monoisotopic (exact) mass is 363 g/mol. The third-order valence-electron chi connectivity index (χ3n) is 3.86. The molecule has 0 amide bonds. The van der Waals surface area contributed by atoms with Gasteiger partial charge in [-0.1, -0.05) is 6.92 Å². The number of nitrogens with zero attached hydrogens (tertiary/aromatic N) is 3. The van der Waals surface area contributed by atoms with Crippen LogP contribution in [-0.2, 0) is 12.7 Å². The minimum Gasteiger partial charge on any atom is -0.356 e. The maximum Gasteiger partial charge on any atom is 0.434 e. The zero-order valence-corrected chi connectivity index (χ0v) is 14.8. The SMILES string of the molecule is CN=C(NCc1nc(C(F)(F)F)cs1)NCC(C)CN1CCCC1. The largest absolute Gasteiger partial charge is 0.434 e. The van der Waals surface area contributed by atoms with Crippen LogP contribution in [0.3, 0.4) is 0 Å². The van der Waals surface area contributed by atoms with Crippen molar-refractivity contribution in [3.8, 4) is 0 Å². The number of hydrogen-bond donors (Lipinski definition) is 2. The highest BCUT2D eigenvalue weighted by Crippen LogP contribution is 2.29. The number of guanidine groups is 1. The van der Waals surface area contributed by atoms with Gasteiger partial charge in [0.2, 0.25) is 0 Å². The lowest BCUT2D eigenvalue weighted by Gasteiger charge is -2.21. The van der Waals surface area contributed by atoms with Crippen molar-refractivity contribution in [2.45, 2.75) is 32.5 Å².